The molecule has 0 radical (unpaired) electrons. The highest BCUT2D eigenvalue weighted by atomic mass is 16.5. The van der Waals surface area contributed by atoms with Crippen LogP contribution in [0.5, 0.6) is 0 Å². The molecule has 0 spiro atoms. The molecule has 2 saturated heterocycles. The lowest BCUT2D eigenvalue weighted by Gasteiger charge is -1.96. The molecule has 0 N–H and O–H groups in total. The van der Waals surface area contributed by atoms with Crippen molar-refractivity contribution in [2.45, 2.75) is 52.2 Å². The van der Waals surface area contributed by atoms with E-state index in [9.17, 15) is 14.4 Å². The minimum absolute atomic E-state index is 0.252. The van der Waals surface area contributed by atoms with Crippen LogP contribution in [-0.2, 0) is 28.6 Å². The summed E-state index contributed by atoms with van der Waals surface area (Å²) in [6.07, 6.45) is 8.54. The van der Waals surface area contributed by atoms with E-state index in [1.807, 2.05) is 6.08 Å². The summed E-state index contributed by atoms with van der Waals surface area (Å²) >= 11 is 0. The molecule has 5 aliphatic rings. The molecule has 6 atom stereocenters. The van der Waals surface area contributed by atoms with E-state index < -0.39 is 0 Å². The van der Waals surface area contributed by atoms with E-state index in [0.717, 1.165) is 45.3 Å². The Morgan fingerprint density at radius 2 is 1.45 bits per heavy atom. The quantitative estimate of drug-likeness (QED) is 0.402. The molecule has 29 heavy (non-hydrogen) atoms. The molecule has 2 aliphatic carbocycles. The van der Waals surface area contributed by atoms with Crippen molar-refractivity contribution in [2.75, 3.05) is 19.8 Å². The third-order valence-electron chi connectivity index (χ3n) is 5.49. The van der Waals surface area contributed by atoms with Crippen molar-refractivity contribution >= 4 is 23.6 Å². The van der Waals surface area contributed by atoms with E-state index in [-0.39, 0.29) is 17.6 Å². The number of hydrogen-bond acceptors (Lipinski definition) is 6. The SMILES string of the molecule is C1=COCC1.CC(=O)C1C2CCOC21.CC(=O)C1C2CCOC21.CC(=O)C=[N+]=[N-]. The zero-order valence-electron chi connectivity index (χ0n) is 17.3. The summed E-state index contributed by atoms with van der Waals surface area (Å²) in [4.78, 5) is 33.7. The normalized spacial score (nSPS) is 33.5. The number of rotatable bonds is 3. The molecule has 0 aromatic carbocycles. The lowest BCUT2D eigenvalue weighted by atomic mass is 10.2. The average molecular weight is 406 g/mol. The highest BCUT2D eigenvalue weighted by Crippen LogP contribution is 2.49. The first kappa shape index (κ1) is 23.1. The molecule has 0 amide bonds. The zero-order chi connectivity index (χ0) is 21.4. The third-order valence-corrected chi connectivity index (χ3v) is 5.49. The van der Waals surface area contributed by atoms with Crippen LogP contribution in [0.2, 0.25) is 0 Å². The van der Waals surface area contributed by atoms with Crippen LogP contribution in [0.15, 0.2) is 12.3 Å². The van der Waals surface area contributed by atoms with Crippen molar-refractivity contribution in [3.63, 3.8) is 0 Å². The lowest BCUT2D eigenvalue weighted by Crippen LogP contribution is -2.04. The largest absolute Gasteiger partial charge is 0.501 e. The van der Waals surface area contributed by atoms with Gasteiger partial charge in [-0.1, -0.05) is 0 Å². The van der Waals surface area contributed by atoms with Gasteiger partial charge in [0.15, 0.2) is 0 Å². The summed E-state index contributed by atoms with van der Waals surface area (Å²) in [7, 11) is 0. The highest BCUT2D eigenvalue weighted by molar-refractivity contribution is 6.23. The maximum absolute atomic E-state index is 10.7. The van der Waals surface area contributed by atoms with Crippen molar-refractivity contribution < 1.29 is 33.4 Å². The molecular formula is C21H30N2O6. The number of ether oxygens (including phenoxy) is 3. The van der Waals surface area contributed by atoms with Crippen LogP contribution in [0.4, 0.5) is 0 Å². The minimum Gasteiger partial charge on any atom is -0.501 e. The van der Waals surface area contributed by atoms with Crippen LogP contribution in [0.1, 0.15) is 40.0 Å². The summed E-state index contributed by atoms with van der Waals surface area (Å²) in [5.74, 6) is 2.12. The van der Waals surface area contributed by atoms with Gasteiger partial charge in [-0.3, -0.25) is 14.4 Å². The molecule has 0 bridgehead atoms. The number of carbonyl (C=O) groups excluding carboxylic acids is 3. The maximum Gasteiger partial charge on any atom is 0.322 e. The molecule has 0 aromatic rings. The van der Waals surface area contributed by atoms with Crippen LogP contribution in [0.3, 0.4) is 0 Å². The Kier molecular flexibility index (Phi) is 8.89. The van der Waals surface area contributed by atoms with E-state index in [4.69, 9.17) is 19.7 Å². The van der Waals surface area contributed by atoms with Crippen molar-refractivity contribution in [3.8, 4) is 0 Å². The fourth-order valence-corrected chi connectivity index (χ4v) is 3.99. The Morgan fingerprint density at radius 1 is 0.931 bits per heavy atom. The summed E-state index contributed by atoms with van der Waals surface area (Å²) < 4.78 is 15.3. The molecule has 4 fully saturated rings. The number of carbonyl (C=O) groups is 3. The zero-order valence-corrected chi connectivity index (χ0v) is 17.3. The summed E-state index contributed by atoms with van der Waals surface area (Å²) in [5.41, 5.74) is 7.59. The second-order valence-electron chi connectivity index (χ2n) is 7.74. The van der Waals surface area contributed by atoms with Crippen LogP contribution in [-0.4, -0.2) is 60.4 Å². The van der Waals surface area contributed by atoms with Gasteiger partial charge in [0, 0.05) is 50.2 Å². The second-order valence-corrected chi connectivity index (χ2v) is 7.74. The van der Waals surface area contributed by atoms with Crippen molar-refractivity contribution in [1.29, 1.82) is 0 Å². The number of ketones is 3. The Hall–Kier alpha value is -2.15. The standard InChI is InChI=1S/2C7H10O2.C4H6O.C3H4N2O/c2*1-4(8)6-5-2-3-9-7(5)6;1-2-4-5-3-1;1-3(6)2-5-4/h2*5-7H,2-3H2,1H3;1,3H,2,4H2;2H,1H3. The van der Waals surface area contributed by atoms with E-state index in [1.165, 1.54) is 6.92 Å². The van der Waals surface area contributed by atoms with Crippen LogP contribution < -0.4 is 0 Å². The maximum atomic E-state index is 10.7. The van der Waals surface area contributed by atoms with Crippen LogP contribution in [0, 0.1) is 23.7 Å². The molecule has 160 valence electrons. The van der Waals surface area contributed by atoms with Gasteiger partial charge in [0.1, 0.15) is 11.6 Å². The van der Waals surface area contributed by atoms with Gasteiger partial charge in [-0.15, -0.1) is 0 Å². The van der Waals surface area contributed by atoms with Gasteiger partial charge < -0.3 is 19.7 Å². The second kappa shape index (κ2) is 11.1. The molecule has 8 heteroatoms. The van der Waals surface area contributed by atoms with E-state index >= 15 is 0 Å². The lowest BCUT2D eigenvalue weighted by molar-refractivity contribution is -0.120. The highest BCUT2D eigenvalue weighted by Gasteiger charge is 2.57. The van der Waals surface area contributed by atoms with Gasteiger partial charge >= 0.3 is 6.21 Å². The average Bonchev–Trinajstić information content (AvgIpc) is 3.23. The third kappa shape index (κ3) is 6.99. The predicted octanol–water partition coefficient (Wildman–Crippen LogP) is 2.02. The minimum atomic E-state index is -0.252. The number of fused-ring (bicyclic) bond motifs is 2. The number of Topliss-reactive ketones (excluding diaryl/α,β-unsaturated/α-hetero) is 3. The Bertz CT molecular complexity index is 623. The molecule has 6 unspecified atom stereocenters. The summed E-state index contributed by atoms with van der Waals surface area (Å²) in [6, 6.07) is 0. The first-order valence-corrected chi connectivity index (χ1v) is 10.1. The van der Waals surface area contributed by atoms with Crippen LogP contribution >= 0.6 is 0 Å². The first-order valence-electron chi connectivity index (χ1n) is 10.1. The van der Waals surface area contributed by atoms with Crippen LogP contribution in [0.25, 0.3) is 5.53 Å². The van der Waals surface area contributed by atoms with E-state index in [0.29, 0.717) is 35.6 Å². The molecular weight excluding hydrogens is 376 g/mol. The van der Waals surface area contributed by atoms with Gasteiger partial charge in [-0.05, 0) is 32.8 Å². The van der Waals surface area contributed by atoms with Crippen molar-refractivity contribution in [3.05, 3.63) is 17.9 Å². The van der Waals surface area contributed by atoms with E-state index in [2.05, 4.69) is 4.79 Å². The topological polar surface area (TPSA) is 115 Å². The summed E-state index contributed by atoms with van der Waals surface area (Å²) in [5, 5.41) is 0. The molecule has 3 heterocycles. The monoisotopic (exact) mass is 406 g/mol. The van der Waals surface area contributed by atoms with Gasteiger partial charge in [-0.25, -0.2) is 0 Å². The fraction of sp³-hybridized carbons (Fsp3) is 0.714. The van der Waals surface area contributed by atoms with Crippen molar-refractivity contribution in [1.82, 2.24) is 0 Å². The van der Waals surface area contributed by atoms with E-state index in [1.54, 1.807) is 20.1 Å². The fourth-order valence-electron chi connectivity index (χ4n) is 3.99. The molecule has 5 rings (SSSR count). The first-order chi connectivity index (χ1) is 13.9. The van der Waals surface area contributed by atoms with Gasteiger partial charge in [-0.2, -0.15) is 4.79 Å². The van der Waals surface area contributed by atoms with Gasteiger partial charge in [0.05, 0.1) is 25.1 Å². The molecule has 8 nitrogen and oxygen atoms in total. The molecule has 3 aliphatic heterocycles. The Morgan fingerprint density at radius 3 is 1.59 bits per heavy atom. The Labute approximate surface area is 171 Å². The predicted molar refractivity (Wildman–Crippen MR) is 104 cm³/mol. The van der Waals surface area contributed by atoms with Crippen molar-refractivity contribution in [2.24, 2.45) is 23.7 Å². The Balaban J connectivity index is 0.000000143. The number of nitrogens with zero attached hydrogens (tertiary/aromatic N) is 2. The molecule has 0 aromatic heterocycles. The summed E-state index contributed by atoms with van der Waals surface area (Å²) in [6.45, 7) is 7.26. The van der Waals surface area contributed by atoms with Gasteiger partial charge in [0.25, 0.3) is 0 Å². The smallest absolute Gasteiger partial charge is 0.322 e. The van der Waals surface area contributed by atoms with Gasteiger partial charge in [0.2, 0.25) is 5.78 Å². The number of hydrogen-bond donors (Lipinski definition) is 0. The molecule has 2 saturated carbocycles.